The molecule has 78 valence electrons. The second kappa shape index (κ2) is 7.85. The van der Waals surface area contributed by atoms with Gasteiger partial charge >= 0.3 is 5.97 Å². The van der Waals surface area contributed by atoms with Gasteiger partial charge in [0.2, 0.25) is 0 Å². The van der Waals surface area contributed by atoms with E-state index in [0.29, 0.717) is 10.6 Å². The zero-order chi connectivity index (χ0) is 11.0. The van der Waals surface area contributed by atoms with E-state index in [4.69, 9.17) is 34.8 Å². The summed E-state index contributed by atoms with van der Waals surface area (Å²) in [6, 6.07) is 1.51. The highest BCUT2D eigenvalue weighted by Crippen LogP contribution is 2.13. The summed E-state index contributed by atoms with van der Waals surface area (Å²) in [5, 5.41) is 0.499. The molecular formula is C8H8Cl3NO2. The minimum Gasteiger partial charge on any atom is -0.465 e. The van der Waals surface area contributed by atoms with Crippen molar-refractivity contribution >= 4 is 40.8 Å². The number of esters is 1. The summed E-state index contributed by atoms with van der Waals surface area (Å²) in [6.45, 7) is 0. The van der Waals surface area contributed by atoms with Gasteiger partial charge in [0.1, 0.15) is 0 Å². The van der Waals surface area contributed by atoms with E-state index in [0.717, 1.165) is 0 Å². The number of ether oxygens (including phenoxy) is 1. The van der Waals surface area contributed by atoms with Gasteiger partial charge in [-0.2, -0.15) is 0 Å². The molecular weight excluding hydrogens is 248 g/mol. The van der Waals surface area contributed by atoms with Crippen LogP contribution in [0.4, 0.5) is 0 Å². The first-order valence-electron chi connectivity index (χ1n) is 3.47. The summed E-state index contributed by atoms with van der Waals surface area (Å²) in [5.41, 5.74) is 0.337. The Morgan fingerprint density at radius 2 is 2.14 bits per heavy atom. The van der Waals surface area contributed by atoms with Crippen molar-refractivity contribution in [2.75, 3.05) is 12.4 Å². The van der Waals surface area contributed by atoms with Gasteiger partial charge in [-0.25, -0.2) is 4.79 Å². The van der Waals surface area contributed by atoms with Crippen LogP contribution in [0.25, 0.3) is 0 Å². The Kier molecular flexibility index (Phi) is 7.57. The number of carbonyl (C=O) groups is 1. The van der Waals surface area contributed by atoms with Crippen LogP contribution in [0.3, 0.4) is 0 Å². The van der Waals surface area contributed by atoms with Crippen molar-refractivity contribution in [3.63, 3.8) is 0 Å². The molecule has 1 rings (SSSR count). The predicted molar refractivity (Wildman–Crippen MR) is 57.2 cm³/mol. The number of nitrogens with zero attached hydrogens (tertiary/aromatic N) is 1. The number of carbonyl (C=O) groups excluding carboxylic acids is 1. The minimum atomic E-state index is -0.447. The number of methoxy groups -OCH3 is 1. The van der Waals surface area contributed by atoms with E-state index in [1.807, 2.05) is 0 Å². The van der Waals surface area contributed by atoms with Crippen molar-refractivity contribution in [2.45, 2.75) is 0 Å². The third kappa shape index (κ3) is 4.65. The lowest BCUT2D eigenvalue weighted by molar-refractivity contribution is 0.0601. The molecule has 0 saturated heterocycles. The molecule has 0 bridgehead atoms. The molecule has 0 N–H and O–H groups in total. The summed E-state index contributed by atoms with van der Waals surface area (Å²) in [4.78, 5) is 14.6. The Morgan fingerprint density at radius 1 is 1.57 bits per heavy atom. The summed E-state index contributed by atoms with van der Waals surface area (Å²) >= 11 is 15.2. The molecule has 0 fully saturated rings. The van der Waals surface area contributed by atoms with E-state index in [1.165, 1.54) is 25.6 Å². The maximum Gasteiger partial charge on any atom is 0.339 e. The molecule has 1 aromatic heterocycles. The molecule has 0 aliphatic carbocycles. The van der Waals surface area contributed by atoms with E-state index in [-0.39, 0.29) is 5.34 Å². The predicted octanol–water partition coefficient (Wildman–Crippen LogP) is 2.94. The Bertz CT molecular complexity index is 294. The number of pyridine rings is 1. The van der Waals surface area contributed by atoms with Crippen LogP contribution in [0.5, 0.6) is 0 Å². The van der Waals surface area contributed by atoms with Gasteiger partial charge in [-0.05, 0) is 6.07 Å². The molecule has 0 saturated carbocycles. The van der Waals surface area contributed by atoms with E-state index in [1.54, 1.807) is 0 Å². The maximum absolute atomic E-state index is 10.9. The number of aromatic nitrogens is 1. The van der Waals surface area contributed by atoms with Crippen LogP contribution in [0.2, 0.25) is 5.02 Å². The molecule has 3 nitrogen and oxygen atoms in total. The molecule has 0 aromatic carbocycles. The third-order valence-electron chi connectivity index (χ3n) is 1.18. The fraction of sp³-hybridized carbons (Fsp3) is 0.250. The topological polar surface area (TPSA) is 39.2 Å². The number of hydrogen-bond donors (Lipinski definition) is 0. The fourth-order valence-electron chi connectivity index (χ4n) is 0.651. The van der Waals surface area contributed by atoms with Crippen LogP contribution >= 0.6 is 34.8 Å². The quantitative estimate of drug-likeness (QED) is 0.573. The molecule has 0 atom stereocenters. The first kappa shape index (κ1) is 13.5. The number of hydrogen-bond acceptors (Lipinski definition) is 3. The Hall–Kier alpha value is -0.510. The molecule has 0 spiro atoms. The van der Waals surface area contributed by atoms with E-state index in [9.17, 15) is 4.79 Å². The molecule has 6 heteroatoms. The first-order valence-corrected chi connectivity index (χ1v) is 4.91. The summed E-state index contributed by atoms with van der Waals surface area (Å²) in [7, 11) is 1.30. The Labute approximate surface area is 96.9 Å². The van der Waals surface area contributed by atoms with Crippen molar-refractivity contribution in [1.29, 1.82) is 0 Å². The van der Waals surface area contributed by atoms with Crippen LogP contribution in [0.1, 0.15) is 10.4 Å². The van der Waals surface area contributed by atoms with Gasteiger partial charge < -0.3 is 4.74 Å². The fourth-order valence-corrected chi connectivity index (χ4v) is 0.847. The van der Waals surface area contributed by atoms with Crippen molar-refractivity contribution in [3.8, 4) is 0 Å². The van der Waals surface area contributed by atoms with Gasteiger partial charge in [-0.15, -0.1) is 23.2 Å². The largest absolute Gasteiger partial charge is 0.465 e. The monoisotopic (exact) mass is 255 g/mol. The van der Waals surface area contributed by atoms with Crippen LogP contribution in [-0.4, -0.2) is 23.4 Å². The van der Waals surface area contributed by atoms with Crippen LogP contribution < -0.4 is 0 Å². The standard InChI is InChI=1S/C7H6ClNO2.CH2Cl2/c1-11-7(10)5-2-3-9-4-6(5)8;2-1-3/h2-4H,1H3;1H2. The van der Waals surface area contributed by atoms with Crippen LogP contribution in [0, 0.1) is 0 Å². The highest BCUT2D eigenvalue weighted by Gasteiger charge is 2.08. The smallest absolute Gasteiger partial charge is 0.339 e. The van der Waals surface area contributed by atoms with Crippen LogP contribution in [-0.2, 0) is 4.74 Å². The lowest BCUT2D eigenvalue weighted by Gasteiger charge is -1.98. The maximum atomic E-state index is 10.9. The average Bonchev–Trinajstić information content (AvgIpc) is 2.19. The Balaban J connectivity index is 0.000000500. The number of halogens is 3. The van der Waals surface area contributed by atoms with Gasteiger partial charge in [0, 0.05) is 12.4 Å². The lowest BCUT2D eigenvalue weighted by atomic mass is 10.3. The SMILES string of the molecule is COC(=O)c1ccncc1Cl.ClCCl. The first-order chi connectivity index (χ1) is 6.67. The van der Waals surface area contributed by atoms with Gasteiger partial charge in [-0.1, -0.05) is 11.6 Å². The number of rotatable bonds is 1. The number of alkyl halides is 2. The van der Waals surface area contributed by atoms with E-state index in [2.05, 4.69) is 9.72 Å². The van der Waals surface area contributed by atoms with Gasteiger partial charge in [0.25, 0.3) is 0 Å². The third-order valence-corrected chi connectivity index (χ3v) is 1.48. The summed E-state index contributed by atoms with van der Waals surface area (Å²) < 4.78 is 4.47. The van der Waals surface area contributed by atoms with Crippen molar-refractivity contribution in [2.24, 2.45) is 0 Å². The normalized spacial score (nSPS) is 8.57. The zero-order valence-corrected chi connectivity index (χ0v) is 9.60. The molecule has 1 heterocycles. The second-order valence-electron chi connectivity index (χ2n) is 1.95. The molecule has 0 aliphatic rings. The van der Waals surface area contributed by atoms with E-state index < -0.39 is 5.97 Å². The van der Waals surface area contributed by atoms with Crippen molar-refractivity contribution in [3.05, 3.63) is 29.0 Å². The van der Waals surface area contributed by atoms with E-state index >= 15 is 0 Å². The van der Waals surface area contributed by atoms with Gasteiger partial charge in [-0.3, -0.25) is 4.98 Å². The molecule has 0 unspecified atom stereocenters. The zero-order valence-electron chi connectivity index (χ0n) is 7.34. The molecule has 0 aliphatic heterocycles. The van der Waals surface area contributed by atoms with Gasteiger partial charge in [0.15, 0.2) is 0 Å². The van der Waals surface area contributed by atoms with Gasteiger partial charge in [0.05, 0.1) is 23.0 Å². The molecule has 0 radical (unpaired) electrons. The highest BCUT2D eigenvalue weighted by atomic mass is 35.5. The Morgan fingerprint density at radius 3 is 2.57 bits per heavy atom. The molecule has 0 amide bonds. The second-order valence-corrected chi connectivity index (χ2v) is 3.16. The van der Waals surface area contributed by atoms with Crippen LogP contribution in [0.15, 0.2) is 18.5 Å². The summed E-state index contributed by atoms with van der Waals surface area (Å²) in [6.07, 6.45) is 2.88. The highest BCUT2D eigenvalue weighted by molar-refractivity contribution is 6.40. The molecule has 14 heavy (non-hydrogen) atoms. The summed E-state index contributed by atoms with van der Waals surface area (Å²) in [5.74, 6) is -0.447. The average molecular weight is 257 g/mol. The molecule has 1 aromatic rings. The van der Waals surface area contributed by atoms with Crippen molar-refractivity contribution < 1.29 is 9.53 Å². The lowest BCUT2D eigenvalue weighted by Crippen LogP contribution is -2.01. The van der Waals surface area contributed by atoms with Crippen molar-refractivity contribution in [1.82, 2.24) is 4.98 Å². The minimum absolute atomic E-state index is 0.194.